The number of aromatic nitrogens is 3. The van der Waals surface area contributed by atoms with Gasteiger partial charge in [-0.05, 0) is 49.4 Å². The van der Waals surface area contributed by atoms with Gasteiger partial charge in [-0.25, -0.2) is 18.4 Å². The number of carbonyl (C=O) groups is 1. The predicted octanol–water partition coefficient (Wildman–Crippen LogP) is 5.62. The number of amides is 1. The zero-order chi connectivity index (χ0) is 23.7. The van der Waals surface area contributed by atoms with E-state index in [0.717, 1.165) is 37.0 Å². The van der Waals surface area contributed by atoms with Gasteiger partial charge in [0.1, 0.15) is 17.5 Å². The second kappa shape index (κ2) is 9.21. The molecular weight excluding hydrogens is 438 g/mol. The Bertz CT molecular complexity index is 1320. The highest BCUT2D eigenvalue weighted by Crippen LogP contribution is 2.35. The van der Waals surface area contributed by atoms with E-state index in [4.69, 9.17) is 4.42 Å². The number of carbonyl (C=O) groups excluding carboxylic acids is 1. The molecule has 8 heteroatoms. The Hall–Kier alpha value is -3.81. The Kier molecular flexibility index (Phi) is 5.96. The van der Waals surface area contributed by atoms with Crippen LogP contribution in [0.1, 0.15) is 47.9 Å². The number of oxazole rings is 1. The summed E-state index contributed by atoms with van der Waals surface area (Å²) in [7, 11) is 0. The van der Waals surface area contributed by atoms with E-state index in [0.29, 0.717) is 5.82 Å². The van der Waals surface area contributed by atoms with Gasteiger partial charge in [0.2, 0.25) is 5.91 Å². The molecule has 4 aromatic rings. The maximum atomic E-state index is 14.0. The lowest BCUT2D eigenvalue weighted by Gasteiger charge is -2.27. The van der Waals surface area contributed by atoms with Gasteiger partial charge < -0.3 is 9.73 Å². The second-order valence-electron chi connectivity index (χ2n) is 8.49. The average molecular weight is 463 g/mol. The van der Waals surface area contributed by atoms with Crippen molar-refractivity contribution >= 4 is 11.7 Å². The molecule has 0 saturated heterocycles. The minimum Gasteiger partial charge on any atom is -0.441 e. The van der Waals surface area contributed by atoms with E-state index in [2.05, 4.69) is 27.5 Å². The fourth-order valence-corrected chi connectivity index (χ4v) is 4.51. The molecule has 2 heterocycles. The van der Waals surface area contributed by atoms with Crippen molar-refractivity contribution in [2.45, 2.75) is 45.1 Å². The summed E-state index contributed by atoms with van der Waals surface area (Å²) < 4.78 is 35.4. The molecule has 174 valence electrons. The summed E-state index contributed by atoms with van der Waals surface area (Å²) in [5.74, 6) is -0.768. The number of aryl methyl sites for hydroxylation is 3. The zero-order valence-corrected chi connectivity index (χ0v) is 18.7. The van der Waals surface area contributed by atoms with E-state index >= 15 is 0 Å². The molecule has 2 aromatic heterocycles. The number of benzene rings is 2. The monoisotopic (exact) mass is 462 g/mol. The molecule has 1 amide bonds. The highest BCUT2D eigenvalue weighted by atomic mass is 19.1. The Morgan fingerprint density at radius 2 is 1.94 bits per heavy atom. The fourth-order valence-electron chi connectivity index (χ4n) is 4.51. The van der Waals surface area contributed by atoms with Crippen LogP contribution in [0.4, 0.5) is 14.6 Å². The number of halogens is 2. The van der Waals surface area contributed by atoms with Crippen LogP contribution >= 0.6 is 0 Å². The summed E-state index contributed by atoms with van der Waals surface area (Å²) in [6, 6.07) is 12.0. The van der Waals surface area contributed by atoms with Crippen LogP contribution in [-0.4, -0.2) is 20.7 Å². The quantitative estimate of drug-likeness (QED) is 0.404. The Balaban J connectivity index is 1.28. The number of nitrogens with one attached hydrogen (secondary N) is 1. The Morgan fingerprint density at radius 3 is 2.76 bits per heavy atom. The van der Waals surface area contributed by atoms with Crippen molar-refractivity contribution in [2.24, 2.45) is 0 Å². The molecule has 0 saturated carbocycles. The van der Waals surface area contributed by atoms with E-state index in [-0.39, 0.29) is 42.0 Å². The lowest BCUT2D eigenvalue weighted by atomic mass is 9.88. The molecule has 1 N–H and O–H groups in total. The first-order valence-corrected chi connectivity index (χ1v) is 11.3. The Morgan fingerprint density at radius 1 is 1.15 bits per heavy atom. The van der Waals surface area contributed by atoms with Crippen LogP contribution in [0.3, 0.4) is 0 Å². The molecule has 0 fully saturated rings. The van der Waals surface area contributed by atoms with Crippen molar-refractivity contribution in [1.29, 1.82) is 0 Å². The molecule has 0 spiro atoms. The van der Waals surface area contributed by atoms with E-state index in [1.165, 1.54) is 23.4 Å². The van der Waals surface area contributed by atoms with Crippen molar-refractivity contribution in [1.82, 2.24) is 14.8 Å². The lowest BCUT2D eigenvalue weighted by molar-refractivity contribution is -0.116. The van der Waals surface area contributed by atoms with Crippen LogP contribution < -0.4 is 5.32 Å². The summed E-state index contributed by atoms with van der Waals surface area (Å²) in [6.45, 7) is 1.91. The third-order valence-electron chi connectivity index (χ3n) is 6.20. The molecule has 0 radical (unpaired) electrons. The second-order valence-corrected chi connectivity index (χ2v) is 8.49. The van der Waals surface area contributed by atoms with E-state index in [1.54, 1.807) is 6.20 Å². The van der Waals surface area contributed by atoms with Gasteiger partial charge in [-0.3, -0.25) is 4.79 Å². The normalized spacial score (nSPS) is 15.2. The van der Waals surface area contributed by atoms with Crippen molar-refractivity contribution in [3.05, 3.63) is 89.1 Å². The van der Waals surface area contributed by atoms with Crippen LogP contribution in [0.15, 0.2) is 59.3 Å². The van der Waals surface area contributed by atoms with Gasteiger partial charge >= 0.3 is 0 Å². The molecule has 1 atom stereocenters. The van der Waals surface area contributed by atoms with Gasteiger partial charge in [0.05, 0.1) is 24.0 Å². The number of nitrogens with zero attached hydrogens (tertiary/aromatic N) is 3. The highest BCUT2D eigenvalue weighted by molar-refractivity contribution is 5.90. The third-order valence-corrected chi connectivity index (χ3v) is 6.20. The SMILES string of the molecule is Cc1cnn([C@@H]2CCCc3ccccc32)c1NC(=O)CCc1ncc(-c2c(F)cccc2F)o1. The van der Waals surface area contributed by atoms with Gasteiger partial charge in [-0.1, -0.05) is 30.3 Å². The molecule has 1 aliphatic rings. The molecule has 34 heavy (non-hydrogen) atoms. The largest absolute Gasteiger partial charge is 0.441 e. The molecule has 1 aliphatic carbocycles. The standard InChI is InChI=1S/C26H24F2N4O2/c1-16-14-30-32(21-11-4-7-17-6-2-3-8-18(17)21)26(16)31-23(33)12-13-24-29-15-22(34-24)25-19(27)9-5-10-20(25)28/h2-3,5-6,8-10,14-15,21H,4,7,11-13H2,1H3,(H,31,33)/t21-/m1/s1. The van der Waals surface area contributed by atoms with Crippen LogP contribution in [0.25, 0.3) is 11.3 Å². The number of hydrogen-bond acceptors (Lipinski definition) is 4. The molecule has 0 aliphatic heterocycles. The summed E-state index contributed by atoms with van der Waals surface area (Å²) in [6.07, 6.45) is 6.39. The molecule has 6 nitrogen and oxygen atoms in total. The molecule has 2 aromatic carbocycles. The van der Waals surface area contributed by atoms with Crippen LogP contribution in [0, 0.1) is 18.6 Å². The minimum absolute atomic E-state index is 0.00380. The number of hydrogen-bond donors (Lipinski definition) is 1. The molecule has 0 bridgehead atoms. The van der Waals surface area contributed by atoms with E-state index < -0.39 is 11.6 Å². The molecule has 5 rings (SSSR count). The molecule has 0 unspecified atom stereocenters. The smallest absolute Gasteiger partial charge is 0.226 e. The van der Waals surface area contributed by atoms with Gasteiger partial charge in [-0.2, -0.15) is 5.10 Å². The third kappa shape index (κ3) is 4.23. The van der Waals surface area contributed by atoms with Gasteiger partial charge in [0.15, 0.2) is 11.7 Å². The van der Waals surface area contributed by atoms with Crippen LogP contribution in [-0.2, 0) is 17.6 Å². The summed E-state index contributed by atoms with van der Waals surface area (Å²) >= 11 is 0. The average Bonchev–Trinajstić information content (AvgIpc) is 3.44. The predicted molar refractivity (Wildman–Crippen MR) is 123 cm³/mol. The van der Waals surface area contributed by atoms with Gasteiger partial charge in [0, 0.05) is 18.4 Å². The van der Waals surface area contributed by atoms with Crippen LogP contribution in [0.5, 0.6) is 0 Å². The van der Waals surface area contributed by atoms with E-state index in [9.17, 15) is 13.6 Å². The fraction of sp³-hybridized carbons (Fsp3) is 0.269. The summed E-state index contributed by atoms with van der Waals surface area (Å²) in [5.41, 5.74) is 3.16. The molecular formula is C26H24F2N4O2. The maximum Gasteiger partial charge on any atom is 0.226 e. The Labute approximate surface area is 195 Å². The summed E-state index contributed by atoms with van der Waals surface area (Å²) in [4.78, 5) is 16.8. The van der Waals surface area contributed by atoms with Gasteiger partial charge in [-0.15, -0.1) is 0 Å². The zero-order valence-electron chi connectivity index (χ0n) is 18.7. The van der Waals surface area contributed by atoms with Crippen molar-refractivity contribution < 1.29 is 18.0 Å². The number of anilines is 1. The minimum atomic E-state index is -0.728. The van der Waals surface area contributed by atoms with Crippen molar-refractivity contribution in [3.63, 3.8) is 0 Å². The van der Waals surface area contributed by atoms with Gasteiger partial charge in [0.25, 0.3) is 0 Å². The maximum absolute atomic E-state index is 14.0. The topological polar surface area (TPSA) is 73.0 Å². The first-order valence-electron chi connectivity index (χ1n) is 11.3. The highest BCUT2D eigenvalue weighted by Gasteiger charge is 2.25. The number of rotatable bonds is 6. The van der Waals surface area contributed by atoms with Crippen LogP contribution in [0.2, 0.25) is 0 Å². The first-order chi connectivity index (χ1) is 16.5. The number of fused-ring (bicyclic) bond motifs is 1. The summed E-state index contributed by atoms with van der Waals surface area (Å²) in [5, 5.41) is 7.55. The van der Waals surface area contributed by atoms with E-state index in [1.807, 2.05) is 23.7 Å². The lowest BCUT2D eigenvalue weighted by Crippen LogP contribution is -2.22. The van der Waals surface area contributed by atoms with Crippen molar-refractivity contribution in [2.75, 3.05) is 5.32 Å². The first kappa shape index (κ1) is 22.0. The van der Waals surface area contributed by atoms with Crippen molar-refractivity contribution in [3.8, 4) is 11.3 Å².